The average molecular weight is 362 g/mol. The van der Waals surface area contributed by atoms with E-state index in [0.717, 1.165) is 9.89 Å². The Morgan fingerprint density at radius 2 is 2.00 bits per heavy atom. The van der Waals surface area contributed by atoms with Crippen LogP contribution in [0.5, 0.6) is 0 Å². The molecule has 1 aromatic carbocycles. The highest BCUT2D eigenvalue weighted by molar-refractivity contribution is 7.89. The molecule has 1 amide bonds. The number of aromatic nitrogens is 2. The highest BCUT2D eigenvalue weighted by Gasteiger charge is 2.34. The maximum atomic E-state index is 12.5. The summed E-state index contributed by atoms with van der Waals surface area (Å²) in [7, 11) is -3.81. The van der Waals surface area contributed by atoms with Crippen LogP contribution in [0.2, 0.25) is 0 Å². The number of rotatable bonds is 3. The predicted octanol–water partition coefficient (Wildman–Crippen LogP) is 1.65. The van der Waals surface area contributed by atoms with Crippen molar-refractivity contribution in [2.75, 3.05) is 0 Å². The number of nitrogens with one attached hydrogen (secondary N) is 1. The second kappa shape index (κ2) is 5.51. The zero-order chi connectivity index (χ0) is 16.7. The summed E-state index contributed by atoms with van der Waals surface area (Å²) < 4.78 is 30.0. The summed E-state index contributed by atoms with van der Waals surface area (Å²) in [4.78, 5) is 15.4. The molecule has 2 aromatic heterocycles. The third-order valence-electron chi connectivity index (χ3n) is 3.37. The molecule has 0 saturated heterocycles. The lowest BCUT2D eigenvalue weighted by molar-refractivity contribution is 0.0670. The molecule has 1 aliphatic rings. The Balaban J connectivity index is 1.63. The average Bonchev–Trinajstić information content (AvgIpc) is 3.23. The van der Waals surface area contributed by atoms with Crippen LogP contribution in [0.1, 0.15) is 16.2 Å². The molecule has 0 atom stereocenters. The minimum absolute atomic E-state index is 0.0453. The Labute approximate surface area is 140 Å². The molecule has 0 radical (unpaired) electrons. The first-order valence-electron chi connectivity index (χ1n) is 6.84. The molecular weight excluding hydrogens is 352 g/mol. The number of carbonyl (C=O) groups is 1. The lowest BCUT2D eigenvalue weighted by Gasteiger charge is -2.27. The van der Waals surface area contributed by atoms with E-state index < -0.39 is 15.9 Å². The first kappa shape index (κ1) is 15.0. The molecule has 0 bridgehead atoms. The number of carbonyl (C=O) groups excluding carboxylic acids is 1. The Bertz CT molecular complexity index is 1010. The Morgan fingerprint density at radius 3 is 2.79 bits per heavy atom. The highest BCUT2D eigenvalue weighted by atomic mass is 32.2. The zero-order valence-corrected chi connectivity index (χ0v) is 13.7. The molecule has 24 heavy (non-hydrogen) atoms. The summed E-state index contributed by atoms with van der Waals surface area (Å²) in [6.07, 6.45) is 0. The molecule has 3 aromatic rings. The number of thiophene rings is 1. The molecular formula is C14H10N4O4S2. The van der Waals surface area contributed by atoms with Crippen molar-refractivity contribution < 1.29 is 17.6 Å². The van der Waals surface area contributed by atoms with Gasteiger partial charge in [-0.3, -0.25) is 9.80 Å². The van der Waals surface area contributed by atoms with Gasteiger partial charge in [0.25, 0.3) is 21.8 Å². The summed E-state index contributed by atoms with van der Waals surface area (Å²) in [6, 6.07) is 9.70. The lowest BCUT2D eigenvalue weighted by atomic mass is 10.2. The molecule has 1 aliphatic heterocycles. The van der Waals surface area contributed by atoms with E-state index in [0.29, 0.717) is 5.89 Å². The number of hydrazine groups is 1. The van der Waals surface area contributed by atoms with Gasteiger partial charge in [-0.2, -0.15) is 0 Å². The van der Waals surface area contributed by atoms with Crippen molar-refractivity contribution in [2.24, 2.45) is 0 Å². The monoisotopic (exact) mass is 362 g/mol. The highest BCUT2D eigenvalue weighted by Crippen LogP contribution is 2.25. The fourth-order valence-electron chi connectivity index (χ4n) is 2.32. The number of amides is 1. The van der Waals surface area contributed by atoms with Gasteiger partial charge in [-0.25, -0.2) is 8.42 Å². The van der Waals surface area contributed by atoms with Crippen LogP contribution in [0.15, 0.2) is 51.1 Å². The Morgan fingerprint density at radius 1 is 1.17 bits per heavy atom. The van der Waals surface area contributed by atoms with E-state index in [9.17, 15) is 13.2 Å². The topological polar surface area (TPSA) is 105 Å². The second-order valence-corrected chi connectivity index (χ2v) is 7.54. The van der Waals surface area contributed by atoms with Gasteiger partial charge in [-0.05, 0) is 23.6 Å². The van der Waals surface area contributed by atoms with Crippen LogP contribution in [0.3, 0.4) is 0 Å². The summed E-state index contributed by atoms with van der Waals surface area (Å²) in [5, 5.41) is 10.6. The van der Waals surface area contributed by atoms with E-state index in [1.54, 1.807) is 12.1 Å². The van der Waals surface area contributed by atoms with Gasteiger partial charge in [0.05, 0.1) is 15.3 Å². The minimum Gasteiger partial charge on any atom is -0.418 e. The molecule has 4 rings (SSSR count). The van der Waals surface area contributed by atoms with Gasteiger partial charge < -0.3 is 4.42 Å². The van der Waals surface area contributed by atoms with E-state index in [1.165, 1.54) is 23.5 Å². The quantitative estimate of drug-likeness (QED) is 0.759. The van der Waals surface area contributed by atoms with Crippen LogP contribution in [0, 0.1) is 0 Å². The molecule has 10 heteroatoms. The van der Waals surface area contributed by atoms with Crippen molar-refractivity contribution in [3.05, 3.63) is 53.2 Å². The summed E-state index contributed by atoms with van der Waals surface area (Å²) >= 11 is 1.44. The van der Waals surface area contributed by atoms with Crippen LogP contribution in [0.25, 0.3) is 10.8 Å². The Hall–Kier alpha value is -2.56. The first-order chi connectivity index (χ1) is 11.5. The molecule has 1 N–H and O–H groups in total. The van der Waals surface area contributed by atoms with Gasteiger partial charge in [-0.15, -0.1) is 26.4 Å². The third kappa shape index (κ3) is 2.50. The van der Waals surface area contributed by atoms with Crippen molar-refractivity contribution in [3.8, 4) is 10.8 Å². The number of benzene rings is 1. The maximum Gasteiger partial charge on any atom is 0.270 e. The van der Waals surface area contributed by atoms with E-state index in [-0.39, 0.29) is 22.9 Å². The Kier molecular flexibility index (Phi) is 3.44. The standard InChI is InChI=1S/C14H10N4O4S2/c19-14-9-4-1-2-6-11(9)24(20,21)17-18(14)8-12-15-16-13(22-12)10-5-3-7-23-10/h1-7,17H,8H2. The largest absolute Gasteiger partial charge is 0.418 e. The van der Waals surface area contributed by atoms with Crippen molar-refractivity contribution >= 4 is 27.3 Å². The molecule has 3 heterocycles. The molecule has 0 fully saturated rings. The van der Waals surface area contributed by atoms with Gasteiger partial charge in [0.15, 0.2) is 0 Å². The van der Waals surface area contributed by atoms with Crippen molar-refractivity contribution in [1.82, 2.24) is 20.0 Å². The normalized spacial score (nSPS) is 16.2. The summed E-state index contributed by atoms with van der Waals surface area (Å²) in [5.74, 6) is -0.0159. The SMILES string of the molecule is O=C1c2ccccc2S(=O)(=O)NN1Cc1nnc(-c2cccs2)o1. The number of sulfonamides is 1. The molecule has 0 unspecified atom stereocenters. The van der Waals surface area contributed by atoms with Crippen LogP contribution in [-0.2, 0) is 16.6 Å². The number of hydrogen-bond acceptors (Lipinski definition) is 7. The minimum atomic E-state index is -3.81. The molecule has 8 nitrogen and oxygen atoms in total. The van der Waals surface area contributed by atoms with Gasteiger partial charge in [0.2, 0.25) is 5.89 Å². The fourth-order valence-corrected chi connectivity index (χ4v) is 4.20. The summed E-state index contributed by atoms with van der Waals surface area (Å²) in [6.45, 7) is -0.162. The molecule has 0 saturated carbocycles. The number of hydrogen-bond donors (Lipinski definition) is 1. The fraction of sp³-hybridized carbons (Fsp3) is 0.0714. The van der Waals surface area contributed by atoms with E-state index in [1.807, 2.05) is 17.5 Å². The molecule has 0 aliphatic carbocycles. The predicted molar refractivity (Wildman–Crippen MR) is 84.2 cm³/mol. The third-order valence-corrected chi connectivity index (χ3v) is 5.63. The number of fused-ring (bicyclic) bond motifs is 1. The van der Waals surface area contributed by atoms with Crippen molar-refractivity contribution in [2.45, 2.75) is 11.4 Å². The van der Waals surface area contributed by atoms with E-state index >= 15 is 0 Å². The summed E-state index contributed by atoms with van der Waals surface area (Å²) in [5.41, 5.74) is 0.106. The van der Waals surface area contributed by atoms with E-state index in [4.69, 9.17) is 4.42 Å². The van der Waals surface area contributed by atoms with E-state index in [2.05, 4.69) is 15.0 Å². The maximum absolute atomic E-state index is 12.5. The first-order valence-corrected chi connectivity index (χ1v) is 9.20. The van der Waals surface area contributed by atoms with Crippen molar-refractivity contribution in [3.63, 3.8) is 0 Å². The smallest absolute Gasteiger partial charge is 0.270 e. The van der Waals surface area contributed by atoms with Gasteiger partial charge >= 0.3 is 0 Å². The van der Waals surface area contributed by atoms with Crippen LogP contribution < -0.4 is 4.83 Å². The second-order valence-electron chi connectivity index (χ2n) is 4.96. The van der Waals surface area contributed by atoms with Gasteiger partial charge in [0.1, 0.15) is 6.54 Å². The van der Waals surface area contributed by atoms with Gasteiger partial charge in [0, 0.05) is 0 Å². The van der Waals surface area contributed by atoms with Crippen LogP contribution in [-0.4, -0.2) is 29.5 Å². The van der Waals surface area contributed by atoms with Crippen LogP contribution >= 0.6 is 11.3 Å². The molecule has 0 spiro atoms. The van der Waals surface area contributed by atoms with Crippen LogP contribution in [0.4, 0.5) is 0 Å². The number of nitrogens with zero attached hydrogens (tertiary/aromatic N) is 3. The van der Waals surface area contributed by atoms with Crippen molar-refractivity contribution in [1.29, 1.82) is 0 Å². The molecule has 122 valence electrons. The van der Waals surface area contributed by atoms with Gasteiger partial charge in [-0.1, -0.05) is 18.2 Å². The zero-order valence-electron chi connectivity index (χ0n) is 12.0. The lowest BCUT2D eigenvalue weighted by Crippen LogP contribution is -2.49.